The number of pyridine rings is 1. The minimum absolute atomic E-state index is 0.110. The van der Waals surface area contributed by atoms with E-state index in [1.165, 1.54) is 6.08 Å². The quantitative estimate of drug-likeness (QED) is 0.426. The maximum atomic E-state index is 13.4. The summed E-state index contributed by atoms with van der Waals surface area (Å²) in [5, 5.41) is 14.5. The number of hydrogen-bond donors (Lipinski definition) is 1. The number of fused-ring (bicyclic) bond motifs is 1. The van der Waals surface area contributed by atoms with Gasteiger partial charge in [-0.2, -0.15) is 23.5 Å². The minimum Gasteiger partial charge on any atom is -0.346 e. The lowest BCUT2D eigenvalue weighted by atomic mass is 9.98. The van der Waals surface area contributed by atoms with Gasteiger partial charge in [-0.05, 0) is 30.3 Å². The zero-order valence-corrected chi connectivity index (χ0v) is 16.3. The van der Waals surface area contributed by atoms with E-state index in [9.17, 15) is 18.4 Å². The van der Waals surface area contributed by atoms with Crippen molar-refractivity contribution >= 4 is 34.3 Å². The molecule has 0 amide bonds. The fraction of sp³-hybridized carbons (Fsp3) is 0.0952. The average Bonchev–Trinajstić information content (AvgIpc) is 3.30. The molecule has 30 heavy (non-hydrogen) atoms. The van der Waals surface area contributed by atoms with Gasteiger partial charge in [0.2, 0.25) is 0 Å². The topological polar surface area (TPSA) is 70.3 Å². The number of H-pyrrole nitrogens is 1. The summed E-state index contributed by atoms with van der Waals surface area (Å²) in [6, 6.07) is 6.89. The van der Waals surface area contributed by atoms with Crippen molar-refractivity contribution in [3.05, 3.63) is 70.8 Å². The minimum atomic E-state index is -4.62. The molecule has 3 aromatic heterocycles. The molecule has 0 spiro atoms. The first-order valence-electron chi connectivity index (χ1n) is 8.71. The summed E-state index contributed by atoms with van der Waals surface area (Å²) < 4.78 is 42.0. The molecule has 0 radical (unpaired) electrons. The highest BCUT2D eigenvalue weighted by molar-refractivity contribution is 6.30. The molecule has 1 N–H and O–H groups in total. The van der Waals surface area contributed by atoms with Crippen LogP contribution in [0.2, 0.25) is 5.02 Å². The predicted octanol–water partition coefficient (Wildman–Crippen LogP) is 5.70. The number of hydrogen-bond acceptors (Lipinski definition) is 3. The molecule has 4 aromatic rings. The van der Waals surface area contributed by atoms with Gasteiger partial charge in [0, 0.05) is 58.3 Å². The van der Waals surface area contributed by atoms with Crippen LogP contribution in [0.25, 0.3) is 33.8 Å². The maximum absolute atomic E-state index is 13.4. The van der Waals surface area contributed by atoms with Crippen molar-refractivity contribution in [2.45, 2.75) is 6.18 Å². The van der Waals surface area contributed by atoms with E-state index in [-0.39, 0.29) is 16.2 Å². The fourth-order valence-electron chi connectivity index (χ4n) is 3.18. The zero-order chi connectivity index (χ0) is 21.5. The molecule has 1 aromatic carbocycles. The number of nitrogens with one attached hydrogen (secondary N) is 1. The van der Waals surface area contributed by atoms with Crippen LogP contribution in [0.4, 0.5) is 13.2 Å². The third-order valence-electron chi connectivity index (χ3n) is 4.60. The van der Waals surface area contributed by atoms with Crippen LogP contribution in [0, 0.1) is 11.3 Å². The molecule has 0 aliphatic carbocycles. The highest BCUT2D eigenvalue weighted by atomic mass is 35.5. The molecule has 4 rings (SSSR count). The molecule has 0 atom stereocenters. The van der Waals surface area contributed by atoms with E-state index in [0.29, 0.717) is 16.6 Å². The lowest BCUT2D eigenvalue weighted by molar-refractivity contribution is -0.137. The number of benzene rings is 1. The third-order valence-corrected chi connectivity index (χ3v) is 4.83. The van der Waals surface area contributed by atoms with Crippen LogP contribution in [-0.2, 0) is 13.2 Å². The van der Waals surface area contributed by atoms with Crippen LogP contribution in [-0.4, -0.2) is 19.7 Å². The van der Waals surface area contributed by atoms with Gasteiger partial charge in [-0.25, -0.2) is 4.98 Å². The Morgan fingerprint density at radius 3 is 2.70 bits per heavy atom. The predicted molar refractivity (Wildman–Crippen MR) is 108 cm³/mol. The Labute approximate surface area is 174 Å². The zero-order valence-electron chi connectivity index (χ0n) is 15.5. The first-order valence-corrected chi connectivity index (χ1v) is 9.09. The van der Waals surface area contributed by atoms with E-state index < -0.39 is 11.7 Å². The fourth-order valence-corrected chi connectivity index (χ4v) is 3.36. The van der Waals surface area contributed by atoms with E-state index in [1.807, 2.05) is 18.3 Å². The first-order chi connectivity index (χ1) is 14.3. The van der Waals surface area contributed by atoms with Crippen LogP contribution in [0.1, 0.15) is 16.7 Å². The van der Waals surface area contributed by atoms with Crippen molar-refractivity contribution < 1.29 is 13.2 Å². The molecular formula is C21H13ClF3N5. The Bertz CT molecular complexity index is 1320. The number of aryl methyl sites for hydroxylation is 1. The number of nitrogens with zero attached hydrogens (tertiary/aromatic N) is 4. The molecule has 0 saturated carbocycles. The van der Waals surface area contributed by atoms with Gasteiger partial charge >= 0.3 is 6.18 Å². The van der Waals surface area contributed by atoms with Gasteiger partial charge in [-0.3, -0.25) is 4.68 Å². The summed E-state index contributed by atoms with van der Waals surface area (Å²) in [6.45, 7) is 0. The molecule has 5 nitrogen and oxygen atoms in total. The van der Waals surface area contributed by atoms with Crippen LogP contribution >= 0.6 is 11.6 Å². The molecule has 0 fully saturated rings. The second-order valence-corrected chi connectivity index (χ2v) is 7.06. The van der Waals surface area contributed by atoms with E-state index >= 15 is 0 Å². The summed E-state index contributed by atoms with van der Waals surface area (Å²) in [5.74, 6) is 0. The van der Waals surface area contributed by atoms with Gasteiger partial charge in [0.25, 0.3) is 0 Å². The smallest absolute Gasteiger partial charge is 0.346 e. The normalized spacial score (nSPS) is 12.3. The van der Waals surface area contributed by atoms with Gasteiger partial charge in [-0.15, -0.1) is 0 Å². The summed E-state index contributed by atoms with van der Waals surface area (Å²) >= 11 is 5.91. The van der Waals surface area contributed by atoms with Gasteiger partial charge in [0.1, 0.15) is 5.65 Å². The molecular weight excluding hydrogens is 415 g/mol. The van der Waals surface area contributed by atoms with Crippen molar-refractivity contribution in [2.24, 2.45) is 7.05 Å². The van der Waals surface area contributed by atoms with E-state index in [0.717, 1.165) is 29.3 Å². The van der Waals surface area contributed by atoms with Crippen molar-refractivity contribution in [3.8, 4) is 17.2 Å². The number of allylic oxidation sites excluding steroid dienone is 1. The number of rotatable bonds is 3. The van der Waals surface area contributed by atoms with E-state index in [1.54, 1.807) is 30.3 Å². The SMILES string of the molecule is Cn1cc(-c2cnc3[nH]cc(C=C(C#N)c4cc(Cl)ccc4C(F)(F)F)c3c2)cn1. The number of nitriles is 1. The summed E-state index contributed by atoms with van der Waals surface area (Å²) in [7, 11) is 1.79. The number of aromatic nitrogens is 4. The van der Waals surface area contributed by atoms with E-state index in [2.05, 4.69) is 15.1 Å². The molecule has 0 bridgehead atoms. The van der Waals surface area contributed by atoms with Gasteiger partial charge in [-0.1, -0.05) is 11.6 Å². The van der Waals surface area contributed by atoms with Crippen LogP contribution < -0.4 is 0 Å². The number of halogens is 4. The Morgan fingerprint density at radius 1 is 1.23 bits per heavy atom. The van der Waals surface area contributed by atoms with Crippen molar-refractivity contribution in [3.63, 3.8) is 0 Å². The second-order valence-electron chi connectivity index (χ2n) is 6.62. The molecule has 0 aliphatic heterocycles. The Balaban J connectivity index is 1.86. The highest BCUT2D eigenvalue weighted by Crippen LogP contribution is 2.37. The largest absolute Gasteiger partial charge is 0.417 e. The summed E-state index contributed by atoms with van der Waals surface area (Å²) in [4.78, 5) is 7.33. The number of alkyl halides is 3. The lowest BCUT2D eigenvalue weighted by Crippen LogP contribution is -2.08. The van der Waals surface area contributed by atoms with Crippen molar-refractivity contribution in [1.82, 2.24) is 19.7 Å². The second kappa shape index (κ2) is 7.35. The molecule has 0 saturated heterocycles. The van der Waals surface area contributed by atoms with E-state index in [4.69, 9.17) is 11.6 Å². The highest BCUT2D eigenvalue weighted by Gasteiger charge is 2.34. The molecule has 3 heterocycles. The molecule has 0 aliphatic rings. The summed E-state index contributed by atoms with van der Waals surface area (Å²) in [5.41, 5.74) is 1.37. The standard InChI is InChI=1S/C21H13ClF3N5/c1-30-11-15(10-29-30)13-5-18-14(9-28-20(18)27-8-13)4-12(7-26)17-6-16(22)2-3-19(17)21(23,24)25/h2-6,8-11H,1H3,(H,27,28). The van der Waals surface area contributed by atoms with Crippen molar-refractivity contribution in [2.75, 3.05) is 0 Å². The van der Waals surface area contributed by atoms with Gasteiger partial charge < -0.3 is 4.98 Å². The Hall–Kier alpha value is -3.57. The van der Waals surface area contributed by atoms with Crippen LogP contribution in [0.3, 0.4) is 0 Å². The van der Waals surface area contributed by atoms with Crippen LogP contribution in [0.5, 0.6) is 0 Å². The van der Waals surface area contributed by atoms with Gasteiger partial charge in [0.05, 0.1) is 23.4 Å². The Kier molecular flexibility index (Phi) is 4.84. The maximum Gasteiger partial charge on any atom is 0.417 e. The lowest BCUT2D eigenvalue weighted by Gasteiger charge is -2.12. The number of aromatic amines is 1. The van der Waals surface area contributed by atoms with Gasteiger partial charge in [0.15, 0.2) is 0 Å². The van der Waals surface area contributed by atoms with Crippen molar-refractivity contribution in [1.29, 1.82) is 5.26 Å². The average molecular weight is 428 g/mol. The molecule has 9 heteroatoms. The third kappa shape index (κ3) is 3.67. The summed E-state index contributed by atoms with van der Waals surface area (Å²) in [6.07, 6.45) is 3.56. The first kappa shape index (κ1) is 19.7. The Morgan fingerprint density at radius 2 is 2.03 bits per heavy atom. The van der Waals surface area contributed by atoms with Crippen LogP contribution in [0.15, 0.2) is 49.1 Å². The molecule has 150 valence electrons. The molecule has 0 unspecified atom stereocenters. The monoisotopic (exact) mass is 427 g/mol.